The van der Waals surface area contributed by atoms with Crippen LogP contribution in [-0.4, -0.2) is 35.5 Å². The molecular weight excluding hydrogens is 420 g/mol. The first-order valence-electron chi connectivity index (χ1n) is 11.3. The van der Waals surface area contributed by atoms with Crippen LogP contribution in [0.3, 0.4) is 0 Å². The number of nitrogens with zero attached hydrogens (tertiary/aromatic N) is 2. The number of hydrogen-bond donors (Lipinski definition) is 0. The van der Waals surface area contributed by atoms with Gasteiger partial charge in [-0.3, -0.25) is 4.79 Å². The van der Waals surface area contributed by atoms with Crippen molar-refractivity contribution >= 4 is 17.4 Å². The van der Waals surface area contributed by atoms with Crippen molar-refractivity contribution in [3.8, 4) is 5.75 Å². The lowest BCUT2D eigenvalue weighted by Gasteiger charge is -2.27. The van der Waals surface area contributed by atoms with Gasteiger partial charge in [0.25, 0.3) is 0 Å². The Labute approximate surface area is 194 Å². The van der Waals surface area contributed by atoms with Gasteiger partial charge in [0.2, 0.25) is 0 Å². The molecule has 2 fully saturated rings. The number of hydrogen-bond acceptors (Lipinski definition) is 4. The second-order valence-corrected chi connectivity index (χ2v) is 8.82. The quantitative estimate of drug-likeness (QED) is 0.437. The lowest BCUT2D eigenvalue weighted by Crippen LogP contribution is -2.32. The lowest BCUT2D eigenvalue weighted by molar-refractivity contribution is 0.0252. The summed E-state index contributed by atoms with van der Waals surface area (Å²) in [6.45, 7) is 4.51. The predicted octanol–water partition coefficient (Wildman–Crippen LogP) is 5.96. The highest BCUT2D eigenvalue weighted by atomic mass is 35.5. The summed E-state index contributed by atoms with van der Waals surface area (Å²) in [5.41, 5.74) is 3.03. The Bertz CT molecular complexity index is 1070. The molecule has 2 saturated heterocycles. The molecule has 3 aromatic carbocycles. The maximum atomic E-state index is 14.0. The Kier molecular flexibility index (Phi) is 6.01. The molecule has 5 heteroatoms. The van der Waals surface area contributed by atoms with E-state index >= 15 is 0 Å². The van der Waals surface area contributed by atoms with Crippen molar-refractivity contribution in [2.45, 2.75) is 25.4 Å². The van der Waals surface area contributed by atoms with Crippen LogP contribution in [0.15, 0.2) is 78.9 Å². The van der Waals surface area contributed by atoms with Crippen LogP contribution in [0.5, 0.6) is 5.75 Å². The van der Waals surface area contributed by atoms with E-state index in [1.165, 1.54) is 0 Å². The Hall–Kier alpha value is -2.66. The van der Waals surface area contributed by atoms with E-state index in [0.717, 1.165) is 42.0 Å². The fourth-order valence-corrected chi connectivity index (χ4v) is 5.35. The van der Waals surface area contributed by atoms with Crippen molar-refractivity contribution in [1.82, 2.24) is 10.0 Å². The van der Waals surface area contributed by atoms with Gasteiger partial charge in [0.15, 0.2) is 5.78 Å². The minimum atomic E-state index is -0.225. The third kappa shape index (κ3) is 3.83. The standard InChI is InChI=1S/C27H27ClN2O2/c1-2-32-23-15-11-20(12-16-23)26-24(27(31)21-7-4-3-5-8-21)25(29-17-6-18-30(26)29)19-9-13-22(28)14-10-19/h3-5,7-16,24-26H,2,6,17-18H2,1H3/t24-,25-,26+/m1/s1. The van der Waals surface area contributed by atoms with Crippen molar-refractivity contribution in [2.75, 3.05) is 19.7 Å². The van der Waals surface area contributed by atoms with Gasteiger partial charge in [0.05, 0.1) is 24.6 Å². The summed E-state index contributed by atoms with van der Waals surface area (Å²) in [6.07, 6.45) is 1.09. The molecule has 0 bridgehead atoms. The lowest BCUT2D eigenvalue weighted by atomic mass is 9.80. The van der Waals surface area contributed by atoms with E-state index in [1.54, 1.807) is 0 Å². The van der Waals surface area contributed by atoms with E-state index in [9.17, 15) is 4.79 Å². The number of Topliss-reactive ketones (excluding diaryl/α,β-unsaturated/α-hetero) is 1. The van der Waals surface area contributed by atoms with Crippen LogP contribution in [0.4, 0.5) is 0 Å². The molecular formula is C27H27ClN2O2. The number of hydrazine groups is 1. The monoisotopic (exact) mass is 446 g/mol. The average Bonchev–Trinajstić information content (AvgIpc) is 3.41. The zero-order valence-electron chi connectivity index (χ0n) is 18.2. The molecule has 2 aliphatic heterocycles. The largest absolute Gasteiger partial charge is 0.494 e. The van der Waals surface area contributed by atoms with Crippen LogP contribution in [0.1, 0.15) is 46.9 Å². The molecule has 4 nitrogen and oxygen atoms in total. The highest BCUT2D eigenvalue weighted by Gasteiger charge is 2.53. The maximum Gasteiger partial charge on any atom is 0.169 e. The number of halogens is 1. The summed E-state index contributed by atoms with van der Waals surface area (Å²) in [7, 11) is 0. The summed E-state index contributed by atoms with van der Waals surface area (Å²) in [5, 5.41) is 5.51. The van der Waals surface area contributed by atoms with Crippen LogP contribution in [0.2, 0.25) is 5.02 Å². The first kappa shape index (κ1) is 21.2. The molecule has 164 valence electrons. The van der Waals surface area contributed by atoms with Gasteiger partial charge in [-0.05, 0) is 48.7 Å². The minimum Gasteiger partial charge on any atom is -0.494 e. The first-order valence-corrected chi connectivity index (χ1v) is 11.7. The van der Waals surface area contributed by atoms with Gasteiger partial charge in [-0.2, -0.15) is 0 Å². The molecule has 3 aromatic rings. The number of benzene rings is 3. The van der Waals surface area contributed by atoms with Gasteiger partial charge in [0, 0.05) is 23.7 Å². The Morgan fingerprint density at radius 2 is 1.44 bits per heavy atom. The molecule has 0 saturated carbocycles. The molecule has 5 rings (SSSR count). The average molecular weight is 447 g/mol. The van der Waals surface area contributed by atoms with E-state index in [2.05, 4.69) is 34.3 Å². The van der Waals surface area contributed by atoms with Gasteiger partial charge in [-0.1, -0.05) is 66.2 Å². The number of carbonyl (C=O) groups is 1. The highest BCUT2D eigenvalue weighted by Crippen LogP contribution is 2.52. The third-order valence-electron chi connectivity index (χ3n) is 6.53. The maximum absolute atomic E-state index is 14.0. The molecule has 0 N–H and O–H groups in total. The van der Waals surface area contributed by atoms with E-state index < -0.39 is 0 Å². The predicted molar refractivity (Wildman–Crippen MR) is 127 cm³/mol. The molecule has 2 aliphatic rings. The molecule has 0 unspecified atom stereocenters. The van der Waals surface area contributed by atoms with Crippen LogP contribution in [0.25, 0.3) is 0 Å². The Morgan fingerprint density at radius 1 is 0.875 bits per heavy atom. The molecule has 3 atom stereocenters. The molecule has 2 heterocycles. The van der Waals surface area contributed by atoms with E-state index in [1.807, 2.05) is 61.5 Å². The summed E-state index contributed by atoms with van der Waals surface area (Å²) < 4.78 is 5.65. The number of rotatable bonds is 6. The number of ketones is 1. The second-order valence-electron chi connectivity index (χ2n) is 8.38. The smallest absolute Gasteiger partial charge is 0.169 e. The van der Waals surface area contributed by atoms with Crippen molar-refractivity contribution in [3.05, 3.63) is 101 Å². The third-order valence-corrected chi connectivity index (χ3v) is 6.78. The first-order chi connectivity index (χ1) is 15.7. The van der Waals surface area contributed by atoms with Crippen LogP contribution >= 0.6 is 11.6 Å². The van der Waals surface area contributed by atoms with Crippen LogP contribution < -0.4 is 4.74 Å². The van der Waals surface area contributed by atoms with Crippen molar-refractivity contribution in [3.63, 3.8) is 0 Å². The Balaban J connectivity index is 1.61. The normalized spacial score (nSPS) is 23.2. The number of fused-ring (bicyclic) bond motifs is 1. The van der Waals surface area contributed by atoms with Gasteiger partial charge in [-0.25, -0.2) is 10.0 Å². The summed E-state index contributed by atoms with van der Waals surface area (Å²) in [5.74, 6) is 0.809. The van der Waals surface area contributed by atoms with Crippen molar-refractivity contribution in [1.29, 1.82) is 0 Å². The van der Waals surface area contributed by atoms with Gasteiger partial charge < -0.3 is 4.74 Å². The second kappa shape index (κ2) is 9.07. The fraction of sp³-hybridized carbons (Fsp3) is 0.296. The minimum absolute atomic E-state index is 0.0263. The molecule has 32 heavy (non-hydrogen) atoms. The van der Waals surface area contributed by atoms with E-state index in [4.69, 9.17) is 16.3 Å². The highest BCUT2D eigenvalue weighted by molar-refractivity contribution is 6.30. The van der Waals surface area contributed by atoms with Crippen LogP contribution in [-0.2, 0) is 0 Å². The molecule has 0 aromatic heterocycles. The van der Waals surface area contributed by atoms with Gasteiger partial charge >= 0.3 is 0 Å². The number of carbonyl (C=O) groups excluding carboxylic acids is 1. The van der Waals surface area contributed by atoms with E-state index in [-0.39, 0.29) is 23.8 Å². The molecule has 0 spiro atoms. The Morgan fingerprint density at radius 3 is 2.00 bits per heavy atom. The van der Waals surface area contributed by atoms with Gasteiger partial charge in [-0.15, -0.1) is 0 Å². The molecule has 0 radical (unpaired) electrons. The molecule has 0 amide bonds. The summed E-state index contributed by atoms with van der Waals surface area (Å²) in [4.78, 5) is 14.0. The van der Waals surface area contributed by atoms with Crippen molar-refractivity contribution in [2.24, 2.45) is 5.92 Å². The SMILES string of the molecule is CCOc1ccc([C@H]2[C@H](C(=O)c3ccccc3)[C@@H](c3ccc(Cl)cc3)N3CCCN23)cc1. The zero-order valence-corrected chi connectivity index (χ0v) is 18.9. The van der Waals surface area contributed by atoms with Crippen LogP contribution in [0, 0.1) is 5.92 Å². The fourth-order valence-electron chi connectivity index (χ4n) is 5.22. The van der Waals surface area contributed by atoms with Gasteiger partial charge in [0.1, 0.15) is 5.75 Å². The zero-order chi connectivity index (χ0) is 22.1. The summed E-state index contributed by atoms with van der Waals surface area (Å²) >= 11 is 6.19. The topological polar surface area (TPSA) is 32.8 Å². The summed E-state index contributed by atoms with van der Waals surface area (Å²) in [6, 6.07) is 25.8. The van der Waals surface area contributed by atoms with E-state index in [0.29, 0.717) is 11.6 Å². The number of ether oxygens (including phenoxy) is 1. The molecule has 0 aliphatic carbocycles. The van der Waals surface area contributed by atoms with Crippen molar-refractivity contribution < 1.29 is 9.53 Å².